The summed E-state index contributed by atoms with van der Waals surface area (Å²) in [4.78, 5) is 11.7. The van der Waals surface area contributed by atoms with Gasteiger partial charge in [-0.3, -0.25) is 4.79 Å². The number of aryl methyl sites for hydroxylation is 1. The first-order valence-electron chi connectivity index (χ1n) is 5.84. The molecule has 1 aromatic carbocycles. The fourth-order valence-electron chi connectivity index (χ4n) is 2.38. The van der Waals surface area contributed by atoms with Crippen molar-refractivity contribution in [3.05, 3.63) is 23.3 Å². The van der Waals surface area contributed by atoms with E-state index in [1.807, 2.05) is 13.0 Å². The lowest BCUT2D eigenvalue weighted by Crippen LogP contribution is -2.25. The van der Waals surface area contributed by atoms with Crippen molar-refractivity contribution in [3.8, 4) is 5.75 Å². The van der Waals surface area contributed by atoms with E-state index in [0.717, 1.165) is 29.0 Å². The summed E-state index contributed by atoms with van der Waals surface area (Å²) in [5, 5.41) is 2.89. The molecular weight excluding hydrogens is 216 g/mol. The Kier molecular flexibility index (Phi) is 3.33. The lowest BCUT2D eigenvalue weighted by atomic mass is 9.86. The van der Waals surface area contributed by atoms with Crippen LogP contribution in [0.1, 0.15) is 29.9 Å². The number of carbonyl (C=O) groups is 1. The molecule has 92 valence electrons. The van der Waals surface area contributed by atoms with E-state index in [1.165, 1.54) is 0 Å². The Morgan fingerprint density at radius 2 is 2.29 bits per heavy atom. The van der Waals surface area contributed by atoms with Crippen LogP contribution in [0, 0.1) is 6.92 Å². The molecule has 0 saturated heterocycles. The highest BCUT2D eigenvalue weighted by molar-refractivity contribution is 5.96. The number of nitrogens with one attached hydrogen (secondary N) is 1. The zero-order valence-corrected chi connectivity index (χ0v) is 10.2. The van der Waals surface area contributed by atoms with E-state index in [1.54, 1.807) is 7.11 Å². The summed E-state index contributed by atoms with van der Waals surface area (Å²) in [5.74, 6) is 0.978. The van der Waals surface area contributed by atoms with E-state index >= 15 is 0 Å². The highest BCUT2D eigenvalue weighted by Crippen LogP contribution is 2.40. The van der Waals surface area contributed by atoms with Gasteiger partial charge < -0.3 is 15.8 Å². The van der Waals surface area contributed by atoms with Crippen LogP contribution in [0.5, 0.6) is 5.75 Å². The number of carbonyl (C=O) groups excluding carboxylic acids is 1. The second kappa shape index (κ2) is 4.75. The third kappa shape index (κ3) is 2.26. The predicted molar refractivity (Wildman–Crippen MR) is 67.4 cm³/mol. The highest BCUT2D eigenvalue weighted by atomic mass is 16.5. The van der Waals surface area contributed by atoms with Crippen molar-refractivity contribution in [2.24, 2.45) is 5.73 Å². The minimum atomic E-state index is 0.0399. The number of amides is 1. The maximum atomic E-state index is 11.7. The zero-order valence-electron chi connectivity index (χ0n) is 10.2. The second-order valence-electron chi connectivity index (χ2n) is 4.46. The Morgan fingerprint density at radius 3 is 2.94 bits per heavy atom. The van der Waals surface area contributed by atoms with Gasteiger partial charge in [0.1, 0.15) is 5.75 Å². The van der Waals surface area contributed by atoms with Gasteiger partial charge in [0.25, 0.3) is 0 Å². The predicted octanol–water partition coefficient (Wildman–Crippen LogP) is 1.78. The van der Waals surface area contributed by atoms with Crippen LogP contribution in [-0.2, 0) is 4.79 Å². The monoisotopic (exact) mass is 234 g/mol. The Hall–Kier alpha value is -1.55. The zero-order chi connectivity index (χ0) is 12.4. The lowest BCUT2D eigenvalue weighted by molar-refractivity contribution is -0.116. The van der Waals surface area contributed by atoms with Gasteiger partial charge in [-0.15, -0.1) is 0 Å². The first kappa shape index (κ1) is 11.9. The normalized spacial score (nSPS) is 18.5. The van der Waals surface area contributed by atoms with Crippen LogP contribution in [0.2, 0.25) is 0 Å². The quantitative estimate of drug-likeness (QED) is 0.837. The Balaban J connectivity index is 2.49. The Bertz CT molecular complexity index is 443. The number of methoxy groups -OCH3 is 1. The summed E-state index contributed by atoms with van der Waals surface area (Å²) >= 11 is 0. The van der Waals surface area contributed by atoms with Crippen LogP contribution in [-0.4, -0.2) is 19.6 Å². The number of fused-ring (bicyclic) bond motifs is 1. The van der Waals surface area contributed by atoms with Gasteiger partial charge in [0.05, 0.1) is 12.8 Å². The molecule has 0 aliphatic carbocycles. The molecule has 1 atom stereocenters. The number of hydrogen-bond acceptors (Lipinski definition) is 3. The average Bonchev–Trinajstić information content (AvgIpc) is 2.29. The van der Waals surface area contributed by atoms with Gasteiger partial charge >= 0.3 is 0 Å². The molecule has 0 saturated carbocycles. The Morgan fingerprint density at radius 1 is 1.53 bits per heavy atom. The summed E-state index contributed by atoms with van der Waals surface area (Å²) in [5.41, 5.74) is 8.70. The molecule has 0 bridgehead atoms. The molecule has 2 rings (SSSR count). The van der Waals surface area contributed by atoms with E-state index < -0.39 is 0 Å². The maximum Gasteiger partial charge on any atom is 0.225 e. The molecule has 17 heavy (non-hydrogen) atoms. The number of nitrogens with two attached hydrogens (primary N) is 1. The maximum absolute atomic E-state index is 11.7. The van der Waals surface area contributed by atoms with Crippen molar-refractivity contribution in [2.45, 2.75) is 25.7 Å². The van der Waals surface area contributed by atoms with Crippen LogP contribution in [0.15, 0.2) is 12.1 Å². The fraction of sp³-hybridized carbons (Fsp3) is 0.462. The molecule has 1 aromatic rings. The van der Waals surface area contributed by atoms with Gasteiger partial charge in [-0.25, -0.2) is 0 Å². The standard InChI is InChI=1S/C13H18N2O2/c1-8-5-10-9(3-4-14)7-12(16)15-13(10)11(6-8)17-2/h5-6,9H,3-4,7,14H2,1-2H3,(H,15,16). The molecule has 1 amide bonds. The number of anilines is 1. The summed E-state index contributed by atoms with van der Waals surface area (Å²) in [6, 6.07) is 4.04. The number of ether oxygens (including phenoxy) is 1. The molecule has 1 heterocycles. The van der Waals surface area contributed by atoms with Gasteiger partial charge in [-0.2, -0.15) is 0 Å². The third-order valence-electron chi connectivity index (χ3n) is 3.15. The summed E-state index contributed by atoms with van der Waals surface area (Å²) in [7, 11) is 1.62. The van der Waals surface area contributed by atoms with Crippen LogP contribution in [0.3, 0.4) is 0 Å². The van der Waals surface area contributed by atoms with Crippen LogP contribution in [0.4, 0.5) is 5.69 Å². The first-order valence-corrected chi connectivity index (χ1v) is 5.84. The lowest BCUT2D eigenvalue weighted by Gasteiger charge is -2.27. The van der Waals surface area contributed by atoms with E-state index in [-0.39, 0.29) is 11.8 Å². The minimum absolute atomic E-state index is 0.0399. The van der Waals surface area contributed by atoms with Gasteiger partial charge in [-0.1, -0.05) is 6.07 Å². The molecule has 4 heteroatoms. The molecule has 0 aromatic heterocycles. The van der Waals surface area contributed by atoms with Gasteiger partial charge in [-0.05, 0) is 43.0 Å². The summed E-state index contributed by atoms with van der Waals surface area (Å²) < 4.78 is 5.32. The SMILES string of the molecule is COc1cc(C)cc2c1NC(=O)CC2CCN. The second-order valence-corrected chi connectivity index (χ2v) is 4.46. The van der Waals surface area contributed by atoms with Gasteiger partial charge in [0, 0.05) is 6.42 Å². The van der Waals surface area contributed by atoms with E-state index in [2.05, 4.69) is 11.4 Å². The highest BCUT2D eigenvalue weighted by Gasteiger charge is 2.27. The topological polar surface area (TPSA) is 64.3 Å². The van der Waals surface area contributed by atoms with Crippen molar-refractivity contribution in [2.75, 3.05) is 19.0 Å². The molecule has 1 unspecified atom stereocenters. The number of rotatable bonds is 3. The van der Waals surface area contributed by atoms with E-state index in [9.17, 15) is 4.79 Å². The molecule has 4 nitrogen and oxygen atoms in total. The van der Waals surface area contributed by atoms with E-state index in [4.69, 9.17) is 10.5 Å². The van der Waals surface area contributed by atoms with Crippen molar-refractivity contribution >= 4 is 11.6 Å². The Labute approximate surface area is 101 Å². The van der Waals surface area contributed by atoms with Crippen LogP contribution >= 0.6 is 0 Å². The molecule has 0 spiro atoms. The number of benzene rings is 1. The third-order valence-corrected chi connectivity index (χ3v) is 3.15. The molecule has 0 fully saturated rings. The van der Waals surface area contributed by atoms with Crippen molar-refractivity contribution < 1.29 is 9.53 Å². The minimum Gasteiger partial charge on any atom is -0.495 e. The van der Waals surface area contributed by atoms with Crippen molar-refractivity contribution in [3.63, 3.8) is 0 Å². The molecule has 1 aliphatic rings. The fourth-order valence-corrected chi connectivity index (χ4v) is 2.38. The van der Waals surface area contributed by atoms with Crippen molar-refractivity contribution in [1.82, 2.24) is 0 Å². The van der Waals surface area contributed by atoms with Gasteiger partial charge in [0.2, 0.25) is 5.91 Å². The van der Waals surface area contributed by atoms with Crippen LogP contribution in [0.25, 0.3) is 0 Å². The first-order chi connectivity index (χ1) is 8.15. The largest absolute Gasteiger partial charge is 0.495 e. The molecule has 3 N–H and O–H groups in total. The van der Waals surface area contributed by atoms with E-state index in [0.29, 0.717) is 13.0 Å². The summed E-state index contributed by atoms with van der Waals surface area (Å²) in [6.07, 6.45) is 1.34. The smallest absolute Gasteiger partial charge is 0.225 e. The van der Waals surface area contributed by atoms with Gasteiger partial charge in [0.15, 0.2) is 0 Å². The molecule has 0 radical (unpaired) electrons. The molecular formula is C13H18N2O2. The average molecular weight is 234 g/mol. The summed E-state index contributed by atoms with van der Waals surface area (Å²) in [6.45, 7) is 2.62. The van der Waals surface area contributed by atoms with Crippen LogP contribution < -0.4 is 15.8 Å². The molecule has 1 aliphatic heterocycles. The van der Waals surface area contributed by atoms with Crippen molar-refractivity contribution in [1.29, 1.82) is 0 Å². The number of hydrogen-bond donors (Lipinski definition) is 2.